The second-order valence-electron chi connectivity index (χ2n) is 10.1. The minimum absolute atomic E-state index is 0.0227. The molecule has 13 heteroatoms. The highest BCUT2D eigenvalue weighted by molar-refractivity contribution is 7.85. The number of ether oxygens (including phenoxy) is 3. The molecule has 0 spiro atoms. The number of rotatable bonds is 8. The zero-order valence-corrected chi connectivity index (χ0v) is 23.6. The molecule has 216 valence electrons. The van der Waals surface area contributed by atoms with Crippen molar-refractivity contribution in [2.75, 3.05) is 55.0 Å². The molecule has 4 unspecified atom stereocenters. The summed E-state index contributed by atoms with van der Waals surface area (Å²) in [4.78, 5) is 23.9. The molecule has 0 bridgehead atoms. The summed E-state index contributed by atoms with van der Waals surface area (Å²) in [5, 5.41) is 6.65. The third-order valence-corrected chi connectivity index (χ3v) is 8.91. The van der Waals surface area contributed by atoms with Gasteiger partial charge in [0.2, 0.25) is 5.91 Å². The maximum Gasteiger partial charge on any atom is 0.248 e. The van der Waals surface area contributed by atoms with Gasteiger partial charge in [-0.2, -0.15) is 0 Å². The molecule has 1 aromatic heterocycles. The molecule has 4 atom stereocenters. The Balaban J connectivity index is 1.22. The van der Waals surface area contributed by atoms with Crippen LogP contribution in [0.25, 0.3) is 10.9 Å². The molecule has 3 aromatic rings. The van der Waals surface area contributed by atoms with Crippen LogP contribution in [0.2, 0.25) is 5.02 Å². The number of carbonyl (C=O) groups is 1. The first-order chi connectivity index (χ1) is 19.9. The number of anilines is 3. The van der Waals surface area contributed by atoms with Gasteiger partial charge in [0.1, 0.15) is 29.8 Å². The molecular formula is C28H29ClFN5O5S. The van der Waals surface area contributed by atoms with Gasteiger partial charge in [-0.3, -0.25) is 13.9 Å². The second-order valence-corrected chi connectivity index (χ2v) is 12.1. The molecule has 3 fully saturated rings. The van der Waals surface area contributed by atoms with Gasteiger partial charge >= 0.3 is 0 Å². The molecule has 2 aromatic carbocycles. The summed E-state index contributed by atoms with van der Waals surface area (Å²) >= 11 is 5.95. The fourth-order valence-electron chi connectivity index (χ4n) is 5.17. The zero-order chi connectivity index (χ0) is 28.3. The molecule has 10 nitrogen and oxygen atoms in total. The van der Waals surface area contributed by atoms with Gasteiger partial charge in [-0.15, -0.1) is 0 Å². The van der Waals surface area contributed by atoms with E-state index in [0.29, 0.717) is 71.5 Å². The molecule has 6 rings (SSSR count). The fourth-order valence-corrected chi connectivity index (χ4v) is 6.69. The summed E-state index contributed by atoms with van der Waals surface area (Å²) in [6, 6.07) is 7.74. The van der Waals surface area contributed by atoms with Gasteiger partial charge in [-0.25, -0.2) is 14.4 Å². The average molecular weight is 602 g/mol. The lowest BCUT2D eigenvalue weighted by Gasteiger charge is -2.24. The summed E-state index contributed by atoms with van der Waals surface area (Å²) in [5.41, 5.74) is 1.53. The number of amides is 1. The summed E-state index contributed by atoms with van der Waals surface area (Å²) in [6.45, 7) is 3.33. The van der Waals surface area contributed by atoms with Gasteiger partial charge in [0, 0.05) is 59.4 Å². The lowest BCUT2D eigenvalue weighted by molar-refractivity contribution is -0.116. The van der Waals surface area contributed by atoms with Crippen molar-refractivity contribution in [2.24, 2.45) is 0 Å². The molecule has 4 heterocycles. The van der Waals surface area contributed by atoms with E-state index in [1.54, 1.807) is 18.2 Å². The number of hydrogen-bond donors (Lipinski definition) is 2. The summed E-state index contributed by atoms with van der Waals surface area (Å²) in [5.74, 6) is 1.02. The smallest absolute Gasteiger partial charge is 0.248 e. The SMILES string of the molecule is O=C(/C=C/CN1CC2OCCOC2C1)Nc1cc2c(Nc3ccc(F)c(Cl)c3)ncnc2cc1OC1CCS(=O)C1. The lowest BCUT2D eigenvalue weighted by atomic mass is 10.1. The van der Waals surface area contributed by atoms with E-state index in [-0.39, 0.29) is 29.2 Å². The number of fused-ring (bicyclic) bond motifs is 2. The Morgan fingerprint density at radius 1 is 1.20 bits per heavy atom. The minimum atomic E-state index is -0.929. The van der Waals surface area contributed by atoms with E-state index in [2.05, 4.69) is 25.5 Å². The number of benzene rings is 2. The van der Waals surface area contributed by atoms with E-state index in [1.807, 2.05) is 6.08 Å². The second kappa shape index (κ2) is 12.4. The highest BCUT2D eigenvalue weighted by Gasteiger charge is 2.35. The first kappa shape index (κ1) is 28.0. The van der Waals surface area contributed by atoms with Gasteiger partial charge in [-0.1, -0.05) is 17.7 Å². The van der Waals surface area contributed by atoms with Crippen LogP contribution in [0.4, 0.5) is 21.6 Å². The Bertz CT molecular complexity index is 1500. The van der Waals surface area contributed by atoms with Crippen molar-refractivity contribution < 1.29 is 27.6 Å². The Morgan fingerprint density at radius 3 is 2.73 bits per heavy atom. The Labute approximate surface area is 243 Å². The number of nitrogens with zero attached hydrogens (tertiary/aromatic N) is 3. The Hall–Kier alpha value is -3.16. The van der Waals surface area contributed by atoms with Gasteiger partial charge < -0.3 is 24.8 Å². The normalized spacial score (nSPS) is 24.5. The number of likely N-dealkylation sites (tertiary alicyclic amines) is 1. The molecule has 3 aliphatic rings. The number of halogens is 2. The molecule has 41 heavy (non-hydrogen) atoms. The van der Waals surface area contributed by atoms with E-state index in [1.165, 1.54) is 24.5 Å². The molecule has 0 saturated carbocycles. The van der Waals surface area contributed by atoms with Crippen LogP contribution in [0, 0.1) is 5.82 Å². The Kier molecular flexibility index (Phi) is 8.45. The predicted octanol–water partition coefficient (Wildman–Crippen LogP) is 3.66. The van der Waals surface area contributed by atoms with Crippen molar-refractivity contribution in [3.8, 4) is 5.75 Å². The van der Waals surface area contributed by atoms with Crippen LogP contribution in [0.1, 0.15) is 6.42 Å². The van der Waals surface area contributed by atoms with Gasteiger partial charge in [0.05, 0.1) is 47.4 Å². The summed E-state index contributed by atoms with van der Waals surface area (Å²) in [6.07, 6.45) is 5.27. The van der Waals surface area contributed by atoms with Crippen molar-refractivity contribution in [3.05, 3.63) is 59.7 Å². The van der Waals surface area contributed by atoms with Crippen molar-refractivity contribution in [1.82, 2.24) is 14.9 Å². The highest BCUT2D eigenvalue weighted by atomic mass is 35.5. The number of nitrogens with one attached hydrogen (secondary N) is 2. The van der Waals surface area contributed by atoms with E-state index in [4.69, 9.17) is 25.8 Å². The summed E-state index contributed by atoms with van der Waals surface area (Å²) < 4.78 is 43.4. The third-order valence-electron chi connectivity index (χ3n) is 7.18. The summed E-state index contributed by atoms with van der Waals surface area (Å²) in [7, 11) is -0.929. The number of carbonyl (C=O) groups excluding carboxylic acids is 1. The van der Waals surface area contributed by atoms with Gasteiger partial charge in [0.15, 0.2) is 0 Å². The standard InChI is InChI=1S/C28H29ClFN5O5S/c29-20-10-17(3-4-21(20)30)33-28-19-11-23(24(12-22(19)31-16-32-28)40-18-5-9-41(37)15-18)34-27(36)2-1-6-35-13-25-26(14-35)39-8-7-38-25/h1-4,10-12,16,18,25-26H,5-9,13-15H2,(H,34,36)(H,31,32,33)/b2-1+. The lowest BCUT2D eigenvalue weighted by Crippen LogP contribution is -2.36. The largest absolute Gasteiger partial charge is 0.487 e. The zero-order valence-electron chi connectivity index (χ0n) is 22.1. The van der Waals surface area contributed by atoms with Crippen molar-refractivity contribution >= 4 is 56.4 Å². The predicted molar refractivity (Wildman–Crippen MR) is 155 cm³/mol. The van der Waals surface area contributed by atoms with E-state index in [0.717, 1.165) is 13.1 Å². The first-order valence-electron chi connectivity index (χ1n) is 13.4. The van der Waals surface area contributed by atoms with Gasteiger partial charge in [0.25, 0.3) is 0 Å². The van der Waals surface area contributed by atoms with Crippen LogP contribution in [-0.4, -0.2) is 87.6 Å². The van der Waals surface area contributed by atoms with Crippen LogP contribution < -0.4 is 15.4 Å². The number of aromatic nitrogens is 2. The van der Waals surface area contributed by atoms with E-state index < -0.39 is 16.6 Å². The molecule has 0 radical (unpaired) electrons. The van der Waals surface area contributed by atoms with Crippen LogP contribution >= 0.6 is 11.6 Å². The van der Waals surface area contributed by atoms with Crippen LogP contribution in [0.5, 0.6) is 5.75 Å². The van der Waals surface area contributed by atoms with Gasteiger partial charge in [-0.05, 0) is 30.7 Å². The molecule has 2 N–H and O–H groups in total. The van der Waals surface area contributed by atoms with E-state index >= 15 is 0 Å². The van der Waals surface area contributed by atoms with Crippen molar-refractivity contribution in [3.63, 3.8) is 0 Å². The molecular weight excluding hydrogens is 573 g/mol. The maximum absolute atomic E-state index is 13.7. The van der Waals surface area contributed by atoms with Crippen molar-refractivity contribution in [1.29, 1.82) is 0 Å². The topological polar surface area (TPSA) is 115 Å². The third kappa shape index (κ3) is 6.68. The molecule has 3 saturated heterocycles. The Morgan fingerprint density at radius 2 is 2.00 bits per heavy atom. The quantitative estimate of drug-likeness (QED) is 0.373. The van der Waals surface area contributed by atoms with E-state index in [9.17, 15) is 13.4 Å². The fraction of sp³-hybridized carbons (Fsp3) is 0.393. The average Bonchev–Trinajstić information content (AvgIpc) is 3.56. The highest BCUT2D eigenvalue weighted by Crippen LogP contribution is 2.35. The maximum atomic E-state index is 13.7. The van der Waals surface area contributed by atoms with Crippen LogP contribution in [0.15, 0.2) is 48.8 Å². The molecule has 0 aliphatic carbocycles. The number of hydrogen-bond acceptors (Lipinski definition) is 9. The van der Waals surface area contributed by atoms with Crippen molar-refractivity contribution in [2.45, 2.75) is 24.7 Å². The first-order valence-corrected chi connectivity index (χ1v) is 15.2. The van der Waals surface area contributed by atoms with Crippen LogP contribution in [0.3, 0.4) is 0 Å². The van der Waals surface area contributed by atoms with Crippen LogP contribution in [-0.2, 0) is 25.1 Å². The minimum Gasteiger partial charge on any atom is -0.487 e. The monoisotopic (exact) mass is 601 g/mol. The molecule has 3 aliphatic heterocycles. The molecule has 1 amide bonds.